The van der Waals surface area contributed by atoms with Crippen molar-refractivity contribution in [2.45, 2.75) is 31.8 Å². The van der Waals surface area contributed by atoms with Crippen LogP contribution in [-0.2, 0) is 4.79 Å². The van der Waals surface area contributed by atoms with Crippen molar-refractivity contribution >= 4 is 28.7 Å². The number of carbonyl (C=O) groups excluding carboxylic acids is 1. The van der Waals surface area contributed by atoms with E-state index in [2.05, 4.69) is 17.2 Å². The summed E-state index contributed by atoms with van der Waals surface area (Å²) >= 11 is 1.25. The summed E-state index contributed by atoms with van der Waals surface area (Å²) in [4.78, 5) is 34.0. The summed E-state index contributed by atoms with van der Waals surface area (Å²) < 4.78 is 7.09. The zero-order valence-electron chi connectivity index (χ0n) is 19.3. The molecule has 4 aromatic rings. The fourth-order valence-electron chi connectivity index (χ4n) is 3.65. The van der Waals surface area contributed by atoms with Crippen molar-refractivity contribution in [2.75, 3.05) is 18.9 Å². The molecule has 0 fully saturated rings. The molecule has 2 heterocycles. The number of nitrogens with zero attached hydrogens (tertiary/aromatic N) is 2. The largest absolute Gasteiger partial charge is 0.494 e. The topological polar surface area (TPSA) is 89.0 Å². The van der Waals surface area contributed by atoms with Crippen molar-refractivity contribution in [1.29, 1.82) is 0 Å². The summed E-state index contributed by atoms with van der Waals surface area (Å²) in [6.45, 7) is 5.21. The lowest BCUT2D eigenvalue weighted by Gasteiger charge is -2.13. The van der Waals surface area contributed by atoms with Crippen LogP contribution >= 0.6 is 11.8 Å². The van der Waals surface area contributed by atoms with Crippen LogP contribution < -0.4 is 15.6 Å². The standard InChI is InChI=1S/C26H28N4O3S/c1-3-5-15-27-22(31)17-34-26-29-23-21(18-9-7-6-8-10-18)16-28-24(23)25(32)30(26)19-11-13-20(14-12-19)33-4-2/h6-14,16,28H,3-5,15,17H2,1-2H3,(H,27,31). The van der Waals surface area contributed by atoms with Gasteiger partial charge in [0.15, 0.2) is 5.16 Å². The van der Waals surface area contributed by atoms with E-state index < -0.39 is 0 Å². The molecule has 2 aromatic carbocycles. The van der Waals surface area contributed by atoms with Crippen LogP contribution in [0.4, 0.5) is 0 Å². The van der Waals surface area contributed by atoms with E-state index in [0.29, 0.717) is 35.0 Å². The minimum Gasteiger partial charge on any atom is -0.494 e. The second kappa shape index (κ2) is 11.1. The fourth-order valence-corrected chi connectivity index (χ4v) is 4.48. The van der Waals surface area contributed by atoms with Gasteiger partial charge in [-0.2, -0.15) is 0 Å². The number of hydrogen-bond donors (Lipinski definition) is 2. The van der Waals surface area contributed by atoms with E-state index in [4.69, 9.17) is 9.72 Å². The van der Waals surface area contributed by atoms with Gasteiger partial charge < -0.3 is 15.0 Å². The van der Waals surface area contributed by atoms with Gasteiger partial charge in [-0.3, -0.25) is 14.2 Å². The first-order valence-corrected chi connectivity index (χ1v) is 12.4. The predicted molar refractivity (Wildman–Crippen MR) is 137 cm³/mol. The Morgan fingerprint density at radius 3 is 2.59 bits per heavy atom. The number of aromatic amines is 1. The number of nitrogens with one attached hydrogen (secondary N) is 2. The number of rotatable bonds is 10. The zero-order valence-corrected chi connectivity index (χ0v) is 20.2. The highest BCUT2D eigenvalue weighted by atomic mass is 32.2. The number of fused-ring (bicyclic) bond motifs is 1. The predicted octanol–water partition coefficient (Wildman–Crippen LogP) is 4.79. The summed E-state index contributed by atoms with van der Waals surface area (Å²) in [5, 5.41) is 3.38. The van der Waals surface area contributed by atoms with Crippen molar-refractivity contribution in [3.05, 3.63) is 71.1 Å². The molecule has 0 saturated carbocycles. The van der Waals surface area contributed by atoms with Crippen LogP contribution in [0.5, 0.6) is 5.75 Å². The second-order valence-electron chi connectivity index (χ2n) is 7.75. The zero-order chi connectivity index (χ0) is 23.9. The van der Waals surface area contributed by atoms with Gasteiger partial charge in [0.1, 0.15) is 16.8 Å². The molecular weight excluding hydrogens is 448 g/mol. The molecule has 0 unspecified atom stereocenters. The quantitative estimate of drug-likeness (QED) is 0.195. The molecule has 4 rings (SSSR count). The molecule has 2 N–H and O–H groups in total. The maximum absolute atomic E-state index is 13.6. The van der Waals surface area contributed by atoms with Crippen LogP contribution in [0.2, 0.25) is 0 Å². The highest BCUT2D eigenvalue weighted by Crippen LogP contribution is 2.29. The summed E-state index contributed by atoms with van der Waals surface area (Å²) in [5.74, 6) is 0.816. The normalized spacial score (nSPS) is 11.0. The van der Waals surface area contributed by atoms with E-state index in [1.807, 2.05) is 67.7 Å². The molecule has 8 heteroatoms. The number of ether oxygens (including phenoxy) is 1. The van der Waals surface area contributed by atoms with Crippen molar-refractivity contribution in [1.82, 2.24) is 19.9 Å². The maximum atomic E-state index is 13.6. The SMILES string of the molecule is CCCCNC(=O)CSc1nc2c(-c3ccccc3)c[nH]c2c(=O)n1-c1ccc(OCC)cc1. The van der Waals surface area contributed by atoms with Gasteiger partial charge in [0, 0.05) is 18.3 Å². The van der Waals surface area contributed by atoms with E-state index in [0.717, 1.165) is 29.7 Å². The van der Waals surface area contributed by atoms with Gasteiger partial charge in [-0.25, -0.2) is 4.98 Å². The number of thioether (sulfide) groups is 1. The third-order valence-electron chi connectivity index (χ3n) is 5.34. The Hall–Kier alpha value is -3.52. The summed E-state index contributed by atoms with van der Waals surface area (Å²) in [6, 6.07) is 17.1. The van der Waals surface area contributed by atoms with Crippen molar-refractivity contribution in [2.24, 2.45) is 0 Å². The lowest BCUT2D eigenvalue weighted by molar-refractivity contribution is -0.118. The van der Waals surface area contributed by atoms with Crippen LogP contribution in [0.25, 0.3) is 27.8 Å². The Morgan fingerprint density at radius 2 is 1.88 bits per heavy atom. The monoisotopic (exact) mass is 476 g/mol. The van der Waals surface area contributed by atoms with Gasteiger partial charge in [-0.1, -0.05) is 55.4 Å². The average molecular weight is 477 g/mol. The molecule has 0 radical (unpaired) electrons. The average Bonchev–Trinajstić information content (AvgIpc) is 3.29. The molecular formula is C26H28N4O3S. The highest BCUT2D eigenvalue weighted by molar-refractivity contribution is 7.99. The van der Waals surface area contributed by atoms with Gasteiger partial charge >= 0.3 is 0 Å². The van der Waals surface area contributed by atoms with Crippen LogP contribution in [0.15, 0.2) is 70.7 Å². The third kappa shape index (κ3) is 5.17. The van der Waals surface area contributed by atoms with Crippen LogP contribution in [0.3, 0.4) is 0 Å². The minimum absolute atomic E-state index is 0.0802. The van der Waals surface area contributed by atoms with Crippen molar-refractivity contribution in [3.8, 4) is 22.6 Å². The number of benzene rings is 2. The lowest BCUT2D eigenvalue weighted by Crippen LogP contribution is -2.27. The highest BCUT2D eigenvalue weighted by Gasteiger charge is 2.19. The fraction of sp³-hybridized carbons (Fsp3) is 0.269. The first-order chi connectivity index (χ1) is 16.6. The number of carbonyl (C=O) groups is 1. The van der Waals surface area contributed by atoms with Crippen LogP contribution in [0, 0.1) is 0 Å². The molecule has 0 aliphatic carbocycles. The molecule has 1 amide bonds. The van der Waals surface area contributed by atoms with Gasteiger partial charge in [0.2, 0.25) is 5.91 Å². The molecule has 0 aliphatic heterocycles. The molecule has 2 aromatic heterocycles. The number of H-pyrrole nitrogens is 1. The van der Waals surface area contributed by atoms with Crippen LogP contribution in [-0.4, -0.2) is 39.3 Å². The second-order valence-corrected chi connectivity index (χ2v) is 8.69. The summed E-state index contributed by atoms with van der Waals surface area (Å²) in [6.07, 6.45) is 3.75. The Kier molecular flexibility index (Phi) is 7.69. The van der Waals surface area contributed by atoms with E-state index >= 15 is 0 Å². The van der Waals surface area contributed by atoms with Gasteiger partial charge in [-0.05, 0) is 43.2 Å². The van der Waals surface area contributed by atoms with E-state index in [9.17, 15) is 9.59 Å². The number of amides is 1. The summed E-state index contributed by atoms with van der Waals surface area (Å²) in [7, 11) is 0. The molecule has 0 bridgehead atoms. The lowest BCUT2D eigenvalue weighted by atomic mass is 10.1. The summed E-state index contributed by atoms with van der Waals surface area (Å²) in [5.41, 5.74) is 3.27. The van der Waals surface area contributed by atoms with E-state index in [1.165, 1.54) is 11.8 Å². The molecule has 7 nitrogen and oxygen atoms in total. The molecule has 176 valence electrons. The van der Waals surface area contributed by atoms with Crippen molar-refractivity contribution < 1.29 is 9.53 Å². The maximum Gasteiger partial charge on any atom is 0.283 e. The number of hydrogen-bond acceptors (Lipinski definition) is 5. The number of unbranched alkanes of at least 4 members (excludes halogenated alkanes) is 1. The van der Waals surface area contributed by atoms with Gasteiger partial charge in [0.05, 0.1) is 18.0 Å². The Labute approximate surface area is 202 Å². The molecule has 0 saturated heterocycles. The van der Waals surface area contributed by atoms with Gasteiger partial charge in [-0.15, -0.1) is 0 Å². The Bertz CT molecular complexity index is 1310. The Morgan fingerprint density at radius 1 is 1.12 bits per heavy atom. The molecule has 0 aliphatic rings. The van der Waals surface area contributed by atoms with E-state index in [-0.39, 0.29) is 17.2 Å². The molecule has 34 heavy (non-hydrogen) atoms. The Balaban J connectivity index is 1.77. The first kappa shape index (κ1) is 23.6. The van der Waals surface area contributed by atoms with Gasteiger partial charge in [0.25, 0.3) is 5.56 Å². The van der Waals surface area contributed by atoms with Crippen LogP contribution in [0.1, 0.15) is 26.7 Å². The number of aromatic nitrogens is 3. The molecule has 0 atom stereocenters. The van der Waals surface area contributed by atoms with Crippen molar-refractivity contribution in [3.63, 3.8) is 0 Å². The minimum atomic E-state index is -0.217. The first-order valence-electron chi connectivity index (χ1n) is 11.4. The smallest absolute Gasteiger partial charge is 0.283 e. The molecule has 0 spiro atoms. The van der Waals surface area contributed by atoms with E-state index in [1.54, 1.807) is 4.57 Å². The third-order valence-corrected chi connectivity index (χ3v) is 6.28.